The first-order valence-electron chi connectivity index (χ1n) is 5.52. The van der Waals surface area contributed by atoms with Crippen LogP contribution >= 0.6 is 11.3 Å². The molecule has 0 saturated carbocycles. The first-order chi connectivity index (χ1) is 8.08. The van der Waals surface area contributed by atoms with Crippen molar-refractivity contribution in [1.29, 1.82) is 0 Å². The summed E-state index contributed by atoms with van der Waals surface area (Å²) in [6, 6.07) is 0. The van der Waals surface area contributed by atoms with Crippen molar-refractivity contribution in [2.75, 3.05) is 11.9 Å². The van der Waals surface area contributed by atoms with Crippen molar-refractivity contribution in [1.82, 2.24) is 4.98 Å². The zero-order valence-corrected chi connectivity index (χ0v) is 11.0. The zero-order valence-electron chi connectivity index (χ0n) is 10.1. The molecule has 0 aromatic carbocycles. The van der Waals surface area contributed by atoms with Gasteiger partial charge in [0.25, 0.3) is 0 Å². The Balaban J connectivity index is 2.62. The molecular formula is C11H16N2O3S. The van der Waals surface area contributed by atoms with E-state index in [1.54, 1.807) is 12.3 Å². The molecule has 1 rings (SSSR count). The standard InChI is InChI=1S/C11H16N2O3S/c1-4-7(3)9(14)13-11-12-8(6-17-11)10(15)16-5-2/h6-7H,4-5H2,1-3H3,(H,12,13,14). The van der Waals surface area contributed by atoms with Crippen LogP contribution in [0.3, 0.4) is 0 Å². The van der Waals surface area contributed by atoms with Gasteiger partial charge < -0.3 is 10.1 Å². The molecular weight excluding hydrogens is 240 g/mol. The monoisotopic (exact) mass is 256 g/mol. The Morgan fingerprint density at radius 1 is 1.53 bits per heavy atom. The lowest BCUT2D eigenvalue weighted by Gasteiger charge is -2.06. The lowest BCUT2D eigenvalue weighted by molar-refractivity contribution is -0.119. The summed E-state index contributed by atoms with van der Waals surface area (Å²) in [7, 11) is 0. The highest BCUT2D eigenvalue weighted by Gasteiger charge is 2.15. The van der Waals surface area contributed by atoms with Crippen LogP contribution in [0.15, 0.2) is 5.38 Å². The number of esters is 1. The van der Waals surface area contributed by atoms with E-state index in [0.29, 0.717) is 11.7 Å². The van der Waals surface area contributed by atoms with Crippen LogP contribution in [-0.2, 0) is 9.53 Å². The average molecular weight is 256 g/mol. The number of carbonyl (C=O) groups is 2. The maximum absolute atomic E-state index is 11.6. The maximum atomic E-state index is 11.6. The molecule has 1 N–H and O–H groups in total. The number of hydrogen-bond donors (Lipinski definition) is 1. The van der Waals surface area contributed by atoms with Crippen LogP contribution in [0.4, 0.5) is 5.13 Å². The van der Waals surface area contributed by atoms with Crippen molar-refractivity contribution in [3.05, 3.63) is 11.1 Å². The molecule has 0 fully saturated rings. The predicted molar refractivity (Wildman–Crippen MR) is 66.2 cm³/mol. The quantitative estimate of drug-likeness (QED) is 0.821. The van der Waals surface area contributed by atoms with Gasteiger partial charge in [0.15, 0.2) is 10.8 Å². The third-order valence-corrected chi connectivity index (χ3v) is 3.04. The summed E-state index contributed by atoms with van der Waals surface area (Å²) >= 11 is 1.22. The summed E-state index contributed by atoms with van der Waals surface area (Å²) in [6.45, 7) is 5.83. The minimum atomic E-state index is -0.465. The third kappa shape index (κ3) is 3.81. The number of carbonyl (C=O) groups excluding carboxylic acids is 2. The Bertz CT molecular complexity index is 403. The van der Waals surface area contributed by atoms with E-state index in [0.717, 1.165) is 6.42 Å². The largest absolute Gasteiger partial charge is 0.461 e. The Morgan fingerprint density at radius 3 is 2.82 bits per heavy atom. The average Bonchev–Trinajstić information content (AvgIpc) is 2.76. The van der Waals surface area contributed by atoms with Gasteiger partial charge in [-0.25, -0.2) is 9.78 Å². The van der Waals surface area contributed by atoms with E-state index in [9.17, 15) is 9.59 Å². The summed E-state index contributed by atoms with van der Waals surface area (Å²) in [5.74, 6) is -0.616. The second kappa shape index (κ2) is 6.34. The van der Waals surface area contributed by atoms with Gasteiger partial charge in [0.2, 0.25) is 5.91 Å². The summed E-state index contributed by atoms with van der Waals surface area (Å²) in [4.78, 5) is 26.9. The highest BCUT2D eigenvalue weighted by Crippen LogP contribution is 2.17. The fourth-order valence-corrected chi connectivity index (χ4v) is 1.73. The van der Waals surface area contributed by atoms with E-state index in [4.69, 9.17) is 4.74 Å². The van der Waals surface area contributed by atoms with E-state index in [1.165, 1.54) is 11.3 Å². The molecule has 1 atom stereocenters. The van der Waals surface area contributed by atoms with E-state index < -0.39 is 5.97 Å². The number of hydrogen-bond acceptors (Lipinski definition) is 5. The normalized spacial score (nSPS) is 11.9. The van der Waals surface area contributed by atoms with E-state index in [2.05, 4.69) is 10.3 Å². The number of amides is 1. The molecule has 1 aromatic heterocycles. The van der Waals surface area contributed by atoms with Crippen molar-refractivity contribution in [2.24, 2.45) is 5.92 Å². The first kappa shape index (κ1) is 13.6. The van der Waals surface area contributed by atoms with Gasteiger partial charge in [-0.2, -0.15) is 0 Å². The molecule has 0 bridgehead atoms. The van der Waals surface area contributed by atoms with Crippen LogP contribution in [0.25, 0.3) is 0 Å². The maximum Gasteiger partial charge on any atom is 0.357 e. The molecule has 5 nitrogen and oxygen atoms in total. The predicted octanol–water partition coefficient (Wildman–Crippen LogP) is 2.30. The molecule has 0 spiro atoms. The smallest absolute Gasteiger partial charge is 0.357 e. The van der Waals surface area contributed by atoms with Crippen LogP contribution in [0.5, 0.6) is 0 Å². The Morgan fingerprint density at radius 2 is 2.24 bits per heavy atom. The molecule has 1 heterocycles. The Kier molecular flexibility index (Phi) is 5.09. The minimum Gasteiger partial charge on any atom is -0.461 e. The number of aromatic nitrogens is 1. The number of anilines is 1. The van der Waals surface area contributed by atoms with Crippen LogP contribution in [-0.4, -0.2) is 23.5 Å². The molecule has 0 aliphatic rings. The van der Waals surface area contributed by atoms with Crippen molar-refractivity contribution < 1.29 is 14.3 Å². The van der Waals surface area contributed by atoms with Crippen molar-refractivity contribution in [2.45, 2.75) is 27.2 Å². The summed E-state index contributed by atoms with van der Waals surface area (Å²) < 4.78 is 4.81. The summed E-state index contributed by atoms with van der Waals surface area (Å²) in [5.41, 5.74) is 0.233. The van der Waals surface area contributed by atoms with Crippen LogP contribution in [0.1, 0.15) is 37.7 Å². The van der Waals surface area contributed by atoms with Crippen molar-refractivity contribution in [3.63, 3.8) is 0 Å². The lowest BCUT2D eigenvalue weighted by Crippen LogP contribution is -2.19. The number of nitrogens with zero attached hydrogens (tertiary/aromatic N) is 1. The molecule has 6 heteroatoms. The Labute approximate surface area is 104 Å². The SMILES string of the molecule is CCOC(=O)c1csc(NC(=O)C(C)CC)n1. The molecule has 1 aromatic rings. The molecule has 1 amide bonds. The summed E-state index contributed by atoms with van der Waals surface area (Å²) in [5, 5.41) is 4.67. The van der Waals surface area contributed by atoms with Gasteiger partial charge in [-0.1, -0.05) is 13.8 Å². The summed E-state index contributed by atoms with van der Waals surface area (Å²) in [6.07, 6.45) is 0.766. The number of thiazole rings is 1. The number of ether oxygens (including phenoxy) is 1. The fourth-order valence-electron chi connectivity index (χ4n) is 1.04. The topological polar surface area (TPSA) is 68.3 Å². The molecule has 1 unspecified atom stereocenters. The van der Waals surface area contributed by atoms with Crippen LogP contribution < -0.4 is 5.32 Å². The van der Waals surface area contributed by atoms with Gasteiger partial charge in [0.1, 0.15) is 0 Å². The molecule has 0 radical (unpaired) electrons. The lowest BCUT2D eigenvalue weighted by atomic mass is 10.1. The van der Waals surface area contributed by atoms with E-state index in [1.807, 2.05) is 13.8 Å². The Hall–Kier alpha value is -1.43. The van der Waals surface area contributed by atoms with E-state index >= 15 is 0 Å². The highest BCUT2D eigenvalue weighted by molar-refractivity contribution is 7.14. The first-order valence-corrected chi connectivity index (χ1v) is 6.39. The van der Waals surface area contributed by atoms with Crippen LogP contribution in [0.2, 0.25) is 0 Å². The zero-order chi connectivity index (χ0) is 12.8. The third-order valence-electron chi connectivity index (χ3n) is 2.28. The number of nitrogens with one attached hydrogen (secondary N) is 1. The second-order valence-electron chi connectivity index (χ2n) is 3.56. The molecule has 0 saturated heterocycles. The van der Waals surface area contributed by atoms with Crippen molar-refractivity contribution >= 4 is 28.3 Å². The van der Waals surface area contributed by atoms with Gasteiger partial charge >= 0.3 is 5.97 Å². The van der Waals surface area contributed by atoms with Gasteiger partial charge in [-0.15, -0.1) is 11.3 Å². The fraction of sp³-hybridized carbons (Fsp3) is 0.545. The molecule has 0 aliphatic heterocycles. The molecule has 17 heavy (non-hydrogen) atoms. The van der Waals surface area contributed by atoms with E-state index in [-0.39, 0.29) is 17.5 Å². The minimum absolute atomic E-state index is 0.0649. The van der Waals surface area contributed by atoms with Gasteiger partial charge in [-0.3, -0.25) is 4.79 Å². The second-order valence-corrected chi connectivity index (χ2v) is 4.42. The molecule has 0 aliphatic carbocycles. The number of rotatable bonds is 5. The molecule has 94 valence electrons. The van der Waals surface area contributed by atoms with Gasteiger partial charge in [-0.05, 0) is 13.3 Å². The van der Waals surface area contributed by atoms with Gasteiger partial charge in [0, 0.05) is 11.3 Å². The van der Waals surface area contributed by atoms with Crippen LogP contribution in [0, 0.1) is 5.92 Å². The van der Waals surface area contributed by atoms with Gasteiger partial charge in [0.05, 0.1) is 6.61 Å². The van der Waals surface area contributed by atoms with Crippen molar-refractivity contribution in [3.8, 4) is 0 Å². The highest BCUT2D eigenvalue weighted by atomic mass is 32.1.